The van der Waals surface area contributed by atoms with Crippen LogP contribution in [0.15, 0.2) is 36.4 Å². The molecule has 9 heteroatoms. The number of halogens is 3. The van der Waals surface area contributed by atoms with Crippen molar-refractivity contribution in [2.24, 2.45) is 0 Å². The highest BCUT2D eigenvalue weighted by Crippen LogP contribution is 2.29. The van der Waals surface area contributed by atoms with Crippen LogP contribution in [0, 0.1) is 5.82 Å². The SMILES string of the molecule is O=C(Nc1cc(F)cc(Cl)c1)c1cc(N2CCCS2(=O)=O)ccc1Cl. The molecule has 5 nitrogen and oxygen atoms in total. The van der Waals surface area contributed by atoms with E-state index in [1.807, 2.05) is 0 Å². The van der Waals surface area contributed by atoms with E-state index in [1.54, 1.807) is 6.07 Å². The van der Waals surface area contributed by atoms with Gasteiger partial charge in [0.05, 0.1) is 22.0 Å². The Morgan fingerprint density at radius 3 is 2.56 bits per heavy atom. The van der Waals surface area contributed by atoms with Crippen molar-refractivity contribution < 1.29 is 17.6 Å². The number of hydrogen-bond donors (Lipinski definition) is 1. The Hall–Kier alpha value is -1.83. The first-order valence-electron chi connectivity index (χ1n) is 7.34. The fourth-order valence-electron chi connectivity index (χ4n) is 2.60. The summed E-state index contributed by atoms with van der Waals surface area (Å²) in [6, 6.07) is 8.03. The number of nitrogens with one attached hydrogen (secondary N) is 1. The molecule has 0 spiro atoms. The predicted octanol–water partition coefficient (Wildman–Crippen LogP) is 3.92. The number of anilines is 2. The zero-order valence-electron chi connectivity index (χ0n) is 12.8. The van der Waals surface area contributed by atoms with Crippen molar-refractivity contribution in [3.63, 3.8) is 0 Å². The average molecular weight is 403 g/mol. The van der Waals surface area contributed by atoms with Crippen LogP contribution in [0.4, 0.5) is 15.8 Å². The van der Waals surface area contributed by atoms with Crippen LogP contribution in [0.2, 0.25) is 10.0 Å². The van der Waals surface area contributed by atoms with Gasteiger partial charge in [-0.05, 0) is 42.8 Å². The monoisotopic (exact) mass is 402 g/mol. The molecule has 1 heterocycles. The molecule has 0 saturated carbocycles. The second kappa shape index (κ2) is 6.82. The van der Waals surface area contributed by atoms with E-state index in [4.69, 9.17) is 23.2 Å². The van der Waals surface area contributed by atoms with Gasteiger partial charge in [-0.15, -0.1) is 0 Å². The van der Waals surface area contributed by atoms with Crippen LogP contribution in [-0.4, -0.2) is 26.6 Å². The predicted molar refractivity (Wildman–Crippen MR) is 96.6 cm³/mol. The topological polar surface area (TPSA) is 66.5 Å². The van der Waals surface area contributed by atoms with Crippen LogP contribution in [0.1, 0.15) is 16.8 Å². The molecule has 0 aliphatic carbocycles. The van der Waals surface area contributed by atoms with E-state index in [1.165, 1.54) is 22.5 Å². The molecule has 132 valence electrons. The highest BCUT2D eigenvalue weighted by Gasteiger charge is 2.29. The number of rotatable bonds is 3. The van der Waals surface area contributed by atoms with Crippen molar-refractivity contribution in [1.82, 2.24) is 0 Å². The van der Waals surface area contributed by atoms with Gasteiger partial charge >= 0.3 is 0 Å². The Morgan fingerprint density at radius 2 is 1.92 bits per heavy atom. The van der Waals surface area contributed by atoms with Gasteiger partial charge in [-0.3, -0.25) is 9.10 Å². The third-order valence-corrected chi connectivity index (χ3v) is 6.12. The number of carbonyl (C=O) groups excluding carboxylic acids is 1. The molecule has 1 fully saturated rings. The van der Waals surface area contributed by atoms with Gasteiger partial charge in [-0.2, -0.15) is 0 Å². The largest absolute Gasteiger partial charge is 0.322 e. The molecular weight excluding hydrogens is 390 g/mol. The van der Waals surface area contributed by atoms with E-state index in [2.05, 4.69) is 5.32 Å². The molecule has 2 aromatic rings. The summed E-state index contributed by atoms with van der Waals surface area (Å²) in [5.41, 5.74) is 0.622. The lowest BCUT2D eigenvalue weighted by Crippen LogP contribution is -2.25. The lowest BCUT2D eigenvalue weighted by Gasteiger charge is -2.18. The van der Waals surface area contributed by atoms with Crippen LogP contribution in [0.25, 0.3) is 0 Å². The number of hydrogen-bond acceptors (Lipinski definition) is 3. The molecule has 1 amide bonds. The highest BCUT2D eigenvalue weighted by molar-refractivity contribution is 7.93. The molecule has 0 bridgehead atoms. The maximum atomic E-state index is 13.4. The van der Waals surface area contributed by atoms with Gasteiger partial charge in [0.2, 0.25) is 10.0 Å². The summed E-state index contributed by atoms with van der Waals surface area (Å²) >= 11 is 11.8. The van der Waals surface area contributed by atoms with Crippen molar-refractivity contribution in [2.75, 3.05) is 21.9 Å². The average Bonchev–Trinajstić information content (AvgIpc) is 2.86. The van der Waals surface area contributed by atoms with E-state index in [0.717, 1.165) is 12.1 Å². The van der Waals surface area contributed by atoms with Crippen LogP contribution in [-0.2, 0) is 10.0 Å². The molecule has 1 aliphatic rings. The second-order valence-corrected chi connectivity index (χ2v) is 8.37. The van der Waals surface area contributed by atoms with E-state index >= 15 is 0 Å². The minimum absolute atomic E-state index is 0.0684. The minimum Gasteiger partial charge on any atom is -0.322 e. The van der Waals surface area contributed by atoms with E-state index in [0.29, 0.717) is 18.7 Å². The van der Waals surface area contributed by atoms with Crippen LogP contribution in [0.5, 0.6) is 0 Å². The molecular formula is C16H13Cl2FN2O3S. The first kappa shape index (κ1) is 18.0. The first-order valence-corrected chi connectivity index (χ1v) is 9.70. The smallest absolute Gasteiger partial charge is 0.257 e. The van der Waals surface area contributed by atoms with Gasteiger partial charge in [0, 0.05) is 17.3 Å². The van der Waals surface area contributed by atoms with Gasteiger partial charge in [0.1, 0.15) is 5.82 Å². The Morgan fingerprint density at radius 1 is 1.16 bits per heavy atom. The number of carbonyl (C=O) groups is 1. The number of benzene rings is 2. The number of nitrogens with zero attached hydrogens (tertiary/aromatic N) is 1. The number of sulfonamides is 1. The van der Waals surface area contributed by atoms with Crippen molar-refractivity contribution in [2.45, 2.75) is 6.42 Å². The van der Waals surface area contributed by atoms with Crippen molar-refractivity contribution in [3.8, 4) is 0 Å². The number of amides is 1. The lowest BCUT2D eigenvalue weighted by molar-refractivity contribution is 0.102. The molecule has 0 unspecified atom stereocenters. The van der Waals surface area contributed by atoms with Gasteiger partial charge in [0.25, 0.3) is 5.91 Å². The molecule has 3 rings (SSSR count). The van der Waals surface area contributed by atoms with E-state index < -0.39 is 21.7 Å². The molecule has 0 aromatic heterocycles. The van der Waals surface area contributed by atoms with E-state index in [9.17, 15) is 17.6 Å². The molecule has 1 N–H and O–H groups in total. The van der Waals surface area contributed by atoms with Crippen molar-refractivity contribution >= 4 is 50.5 Å². The summed E-state index contributed by atoms with van der Waals surface area (Å²) in [6.45, 7) is 0.352. The molecule has 1 saturated heterocycles. The third-order valence-electron chi connectivity index (χ3n) is 3.70. The summed E-state index contributed by atoms with van der Waals surface area (Å²) in [5.74, 6) is -1.12. The maximum Gasteiger partial charge on any atom is 0.257 e. The highest BCUT2D eigenvalue weighted by atomic mass is 35.5. The fourth-order valence-corrected chi connectivity index (χ4v) is 4.58. The summed E-state index contributed by atoms with van der Waals surface area (Å²) < 4.78 is 38.7. The molecule has 25 heavy (non-hydrogen) atoms. The van der Waals surface area contributed by atoms with Gasteiger partial charge in [0.15, 0.2) is 0 Å². The maximum absolute atomic E-state index is 13.4. The first-order chi connectivity index (χ1) is 11.8. The molecule has 0 radical (unpaired) electrons. The zero-order chi connectivity index (χ0) is 18.2. The Kier molecular flexibility index (Phi) is 4.90. The van der Waals surface area contributed by atoms with Crippen LogP contribution in [0.3, 0.4) is 0 Å². The standard InChI is InChI=1S/C16H13Cl2FN2O3S/c17-10-6-11(19)8-12(7-10)20-16(22)14-9-13(2-3-15(14)18)21-4-1-5-25(21,23)24/h2-3,6-9H,1,4-5H2,(H,20,22). The zero-order valence-corrected chi connectivity index (χ0v) is 15.1. The summed E-state index contributed by atoms with van der Waals surface area (Å²) in [5, 5.41) is 2.79. The van der Waals surface area contributed by atoms with Gasteiger partial charge in [-0.1, -0.05) is 23.2 Å². The Labute approximate surface area is 154 Å². The Balaban J connectivity index is 1.91. The summed E-state index contributed by atoms with van der Waals surface area (Å²) in [4.78, 5) is 12.5. The lowest BCUT2D eigenvalue weighted by atomic mass is 10.1. The van der Waals surface area contributed by atoms with Crippen molar-refractivity contribution in [1.29, 1.82) is 0 Å². The van der Waals surface area contributed by atoms with Gasteiger partial charge in [-0.25, -0.2) is 12.8 Å². The second-order valence-electron chi connectivity index (χ2n) is 5.52. The minimum atomic E-state index is -3.37. The summed E-state index contributed by atoms with van der Waals surface area (Å²) in [7, 11) is -3.37. The van der Waals surface area contributed by atoms with Crippen molar-refractivity contribution in [3.05, 3.63) is 57.8 Å². The van der Waals surface area contributed by atoms with Crippen LogP contribution >= 0.6 is 23.2 Å². The fraction of sp³-hybridized carbons (Fsp3) is 0.188. The quantitative estimate of drug-likeness (QED) is 0.845. The normalized spacial score (nSPS) is 16.0. The van der Waals surface area contributed by atoms with E-state index in [-0.39, 0.29) is 27.0 Å². The van der Waals surface area contributed by atoms with Crippen LogP contribution < -0.4 is 9.62 Å². The molecule has 1 aliphatic heterocycles. The molecule has 2 aromatic carbocycles. The summed E-state index contributed by atoms with van der Waals surface area (Å²) in [6.07, 6.45) is 0.522. The molecule has 0 atom stereocenters. The Bertz CT molecular complexity index is 930. The van der Waals surface area contributed by atoms with Gasteiger partial charge < -0.3 is 5.32 Å². The third kappa shape index (κ3) is 3.89.